The van der Waals surface area contributed by atoms with Crippen molar-refractivity contribution in [1.29, 1.82) is 0 Å². The van der Waals surface area contributed by atoms with E-state index < -0.39 is 0 Å². The van der Waals surface area contributed by atoms with Crippen LogP contribution >= 0.6 is 0 Å². The molecule has 3 N–H and O–H groups in total. The summed E-state index contributed by atoms with van der Waals surface area (Å²) >= 11 is 0. The Balaban J connectivity index is 1.29. The molecule has 162 valence electrons. The van der Waals surface area contributed by atoms with Gasteiger partial charge in [-0.1, -0.05) is 6.07 Å². The summed E-state index contributed by atoms with van der Waals surface area (Å²) in [4.78, 5) is 22.2. The second kappa shape index (κ2) is 9.06. The summed E-state index contributed by atoms with van der Waals surface area (Å²) in [7, 11) is 0. The van der Waals surface area contributed by atoms with Crippen LogP contribution in [0.1, 0.15) is 24.6 Å². The summed E-state index contributed by atoms with van der Waals surface area (Å²) in [6, 6.07) is 9.73. The first-order valence-corrected chi connectivity index (χ1v) is 10.6. The zero-order valence-electron chi connectivity index (χ0n) is 17.7. The van der Waals surface area contributed by atoms with E-state index in [4.69, 9.17) is 0 Å². The molecule has 0 aromatic carbocycles. The van der Waals surface area contributed by atoms with Crippen LogP contribution in [0.4, 0.5) is 23.3 Å². The Morgan fingerprint density at radius 3 is 2.72 bits per heavy atom. The fourth-order valence-electron chi connectivity index (χ4n) is 3.63. The van der Waals surface area contributed by atoms with Crippen LogP contribution in [0.15, 0.2) is 55.1 Å². The summed E-state index contributed by atoms with van der Waals surface area (Å²) in [6.07, 6.45) is 9.47. The Morgan fingerprint density at radius 2 is 1.88 bits per heavy atom. The van der Waals surface area contributed by atoms with Crippen molar-refractivity contribution in [3.63, 3.8) is 0 Å². The van der Waals surface area contributed by atoms with Crippen LogP contribution in [-0.2, 0) is 0 Å². The fraction of sp³-hybridized carbons (Fsp3) is 0.273. The standard InChI is InChI=1S/C22H24N10/c1-15-4-2-6-18(27-15)21-24-10-7-19(30-21)29-20-8-11-25-22(31-20)28-16-12-26-32(14-16)17-5-3-9-23-13-17/h2,4,6-8,10-12,14,17,23H,3,5,9,13H2,1H3,(H2,24,25,28,29,30,31). The van der Waals surface area contributed by atoms with E-state index in [1.165, 1.54) is 0 Å². The molecule has 1 saturated heterocycles. The predicted molar refractivity (Wildman–Crippen MR) is 122 cm³/mol. The van der Waals surface area contributed by atoms with Crippen LogP contribution in [0.2, 0.25) is 0 Å². The van der Waals surface area contributed by atoms with E-state index in [0.29, 0.717) is 29.5 Å². The van der Waals surface area contributed by atoms with Gasteiger partial charge in [-0.15, -0.1) is 0 Å². The Kier molecular flexibility index (Phi) is 5.67. The second-order valence-corrected chi connectivity index (χ2v) is 7.65. The van der Waals surface area contributed by atoms with Crippen LogP contribution < -0.4 is 16.0 Å². The van der Waals surface area contributed by atoms with Crippen LogP contribution in [0.3, 0.4) is 0 Å². The molecule has 5 rings (SSSR count). The molecule has 0 spiro atoms. The molecule has 1 fully saturated rings. The molecular formula is C22H24N10. The van der Waals surface area contributed by atoms with E-state index in [1.807, 2.05) is 36.0 Å². The summed E-state index contributed by atoms with van der Waals surface area (Å²) in [6.45, 7) is 3.96. The van der Waals surface area contributed by atoms with Gasteiger partial charge in [0.2, 0.25) is 5.95 Å². The van der Waals surface area contributed by atoms with Crippen molar-refractivity contribution >= 4 is 23.3 Å². The third-order valence-electron chi connectivity index (χ3n) is 5.19. The zero-order chi connectivity index (χ0) is 21.8. The molecule has 32 heavy (non-hydrogen) atoms. The van der Waals surface area contributed by atoms with Crippen molar-refractivity contribution in [1.82, 2.24) is 40.0 Å². The molecule has 10 heteroatoms. The van der Waals surface area contributed by atoms with Crippen LogP contribution in [0.25, 0.3) is 11.5 Å². The molecule has 0 bridgehead atoms. The van der Waals surface area contributed by atoms with Crippen LogP contribution in [0.5, 0.6) is 0 Å². The molecule has 10 nitrogen and oxygen atoms in total. The van der Waals surface area contributed by atoms with Gasteiger partial charge in [0.15, 0.2) is 5.82 Å². The van der Waals surface area contributed by atoms with Gasteiger partial charge in [0.1, 0.15) is 17.3 Å². The van der Waals surface area contributed by atoms with E-state index >= 15 is 0 Å². The lowest BCUT2D eigenvalue weighted by Gasteiger charge is -2.22. The lowest BCUT2D eigenvalue weighted by atomic mass is 10.1. The van der Waals surface area contributed by atoms with E-state index in [9.17, 15) is 0 Å². The highest BCUT2D eigenvalue weighted by atomic mass is 15.3. The normalized spacial score (nSPS) is 16.0. The lowest BCUT2D eigenvalue weighted by Crippen LogP contribution is -2.31. The van der Waals surface area contributed by atoms with Gasteiger partial charge in [0.25, 0.3) is 0 Å². The Bertz CT molecular complexity index is 1200. The summed E-state index contributed by atoms with van der Waals surface area (Å²) < 4.78 is 2.00. The van der Waals surface area contributed by atoms with Gasteiger partial charge in [-0.3, -0.25) is 4.68 Å². The van der Waals surface area contributed by atoms with Crippen molar-refractivity contribution in [2.75, 3.05) is 23.7 Å². The molecule has 0 radical (unpaired) electrons. The maximum Gasteiger partial charge on any atom is 0.229 e. The molecule has 0 amide bonds. The van der Waals surface area contributed by atoms with Crippen molar-refractivity contribution < 1.29 is 0 Å². The molecule has 1 unspecified atom stereocenters. The van der Waals surface area contributed by atoms with Crippen LogP contribution in [-0.4, -0.2) is 47.8 Å². The number of hydrogen-bond donors (Lipinski definition) is 3. The third-order valence-corrected chi connectivity index (χ3v) is 5.19. The Labute approximate surface area is 185 Å². The fourth-order valence-corrected chi connectivity index (χ4v) is 3.63. The summed E-state index contributed by atoms with van der Waals surface area (Å²) in [5.74, 6) is 2.27. The number of aromatic nitrogens is 7. The van der Waals surface area contributed by atoms with Gasteiger partial charge in [-0.25, -0.2) is 19.9 Å². The van der Waals surface area contributed by atoms with Crippen molar-refractivity contribution in [2.24, 2.45) is 0 Å². The largest absolute Gasteiger partial charge is 0.325 e. The lowest BCUT2D eigenvalue weighted by molar-refractivity contribution is 0.347. The van der Waals surface area contributed by atoms with E-state index in [2.05, 4.69) is 46.0 Å². The maximum absolute atomic E-state index is 4.56. The Hall–Kier alpha value is -3.92. The average Bonchev–Trinajstić information content (AvgIpc) is 3.29. The minimum atomic E-state index is 0.378. The predicted octanol–water partition coefficient (Wildman–Crippen LogP) is 3.25. The van der Waals surface area contributed by atoms with Crippen molar-refractivity contribution in [2.45, 2.75) is 25.8 Å². The van der Waals surface area contributed by atoms with E-state index in [-0.39, 0.29) is 0 Å². The first-order chi connectivity index (χ1) is 15.7. The van der Waals surface area contributed by atoms with E-state index in [0.717, 1.165) is 43.0 Å². The summed E-state index contributed by atoms with van der Waals surface area (Å²) in [5, 5.41) is 14.3. The number of pyridine rings is 1. The molecular weight excluding hydrogens is 404 g/mol. The minimum absolute atomic E-state index is 0.378. The number of nitrogens with zero attached hydrogens (tertiary/aromatic N) is 7. The molecule has 4 aromatic rings. The number of nitrogens with one attached hydrogen (secondary N) is 3. The van der Waals surface area contributed by atoms with Crippen molar-refractivity contribution in [3.8, 4) is 11.5 Å². The maximum atomic E-state index is 4.56. The molecule has 0 aliphatic carbocycles. The molecule has 1 atom stereocenters. The molecule has 5 heterocycles. The first-order valence-electron chi connectivity index (χ1n) is 10.6. The smallest absolute Gasteiger partial charge is 0.229 e. The van der Waals surface area contributed by atoms with Crippen molar-refractivity contribution in [3.05, 3.63) is 60.8 Å². The zero-order valence-corrected chi connectivity index (χ0v) is 17.7. The highest BCUT2D eigenvalue weighted by Crippen LogP contribution is 2.21. The third kappa shape index (κ3) is 4.70. The second-order valence-electron chi connectivity index (χ2n) is 7.65. The monoisotopic (exact) mass is 428 g/mol. The van der Waals surface area contributed by atoms with Crippen LogP contribution in [0, 0.1) is 6.92 Å². The first kappa shape index (κ1) is 20.0. The molecule has 1 aliphatic rings. The quantitative estimate of drug-likeness (QED) is 0.425. The topological polar surface area (TPSA) is 118 Å². The minimum Gasteiger partial charge on any atom is -0.325 e. The number of anilines is 4. The molecule has 0 saturated carbocycles. The average molecular weight is 429 g/mol. The number of aryl methyl sites for hydroxylation is 1. The summed E-state index contributed by atoms with van der Waals surface area (Å²) in [5.41, 5.74) is 2.49. The Morgan fingerprint density at radius 1 is 1.00 bits per heavy atom. The van der Waals surface area contributed by atoms with Gasteiger partial charge in [0.05, 0.1) is 17.9 Å². The van der Waals surface area contributed by atoms with Gasteiger partial charge < -0.3 is 16.0 Å². The highest BCUT2D eigenvalue weighted by Gasteiger charge is 2.16. The number of rotatable bonds is 6. The van der Waals surface area contributed by atoms with E-state index in [1.54, 1.807) is 30.7 Å². The van der Waals surface area contributed by atoms with Gasteiger partial charge in [-0.05, 0) is 50.6 Å². The van der Waals surface area contributed by atoms with Gasteiger partial charge >= 0.3 is 0 Å². The molecule has 1 aliphatic heterocycles. The number of hydrogen-bond acceptors (Lipinski definition) is 9. The molecule has 4 aromatic heterocycles. The SMILES string of the molecule is Cc1cccc(-c2nccc(Nc3ccnc(Nc4cnn(C5CCCNC5)c4)n3)n2)n1. The highest BCUT2D eigenvalue weighted by molar-refractivity contribution is 5.58. The number of piperidine rings is 1. The van der Waals surface area contributed by atoms with Gasteiger partial charge in [-0.2, -0.15) is 10.1 Å². The van der Waals surface area contributed by atoms with Gasteiger partial charge in [0, 0.05) is 30.8 Å².